The Balaban J connectivity index is 2.09. The second kappa shape index (κ2) is 10.9. The van der Waals surface area contributed by atoms with Gasteiger partial charge in [-0.2, -0.15) is 0 Å². The molecule has 2 N–H and O–H groups in total. The number of aromatic nitrogens is 2. The topological polar surface area (TPSA) is 75.3 Å². The lowest BCUT2D eigenvalue weighted by atomic mass is 10.0. The summed E-state index contributed by atoms with van der Waals surface area (Å²) in [5, 5.41) is 20.5. The van der Waals surface area contributed by atoms with Gasteiger partial charge in [0.25, 0.3) is 0 Å². The Hall–Kier alpha value is -2.89. The first-order valence-electron chi connectivity index (χ1n) is 10.4. The van der Waals surface area contributed by atoms with Crippen molar-refractivity contribution in [2.24, 2.45) is 0 Å². The van der Waals surface area contributed by atoms with Crippen molar-refractivity contribution >= 4 is 23.6 Å². The highest BCUT2D eigenvalue weighted by atomic mass is 35.5. The first kappa shape index (κ1) is 22.8. The Kier molecular flexibility index (Phi) is 8.04. The fourth-order valence-corrected chi connectivity index (χ4v) is 3.71. The van der Waals surface area contributed by atoms with Crippen molar-refractivity contribution < 1.29 is 15.0 Å². The van der Waals surface area contributed by atoms with E-state index in [4.69, 9.17) is 11.6 Å². The van der Waals surface area contributed by atoms with Crippen LogP contribution < -0.4 is 0 Å². The van der Waals surface area contributed by atoms with Crippen molar-refractivity contribution in [1.29, 1.82) is 0 Å². The summed E-state index contributed by atoms with van der Waals surface area (Å²) in [6.07, 6.45) is 4.61. The van der Waals surface area contributed by atoms with Crippen LogP contribution in [0.2, 0.25) is 5.02 Å². The summed E-state index contributed by atoms with van der Waals surface area (Å²) in [6, 6.07) is 17.0. The molecule has 3 aromatic rings. The van der Waals surface area contributed by atoms with Gasteiger partial charge in [-0.3, -0.25) is 0 Å². The Labute approximate surface area is 187 Å². The Morgan fingerprint density at radius 1 is 1.13 bits per heavy atom. The zero-order valence-electron chi connectivity index (χ0n) is 17.6. The molecule has 0 unspecified atom stereocenters. The standard InChI is InChI=1S/C25H27ClN2O3/c1-2-3-13-24-27-22(17-29)23(28(24)16-19-11-7-8-12-21(19)26)15-20(25(30)31)14-18-9-5-4-6-10-18/h4-12,15,29H,2-3,13-14,16-17H2,1H3,(H,30,31)/b20-15+. The van der Waals surface area contributed by atoms with E-state index in [1.54, 1.807) is 6.08 Å². The number of aliphatic carboxylic acids is 1. The number of halogens is 1. The molecule has 0 aliphatic heterocycles. The highest BCUT2D eigenvalue weighted by molar-refractivity contribution is 6.31. The molecule has 0 radical (unpaired) electrons. The van der Waals surface area contributed by atoms with E-state index in [1.165, 1.54) is 0 Å². The minimum absolute atomic E-state index is 0.239. The molecule has 0 fully saturated rings. The van der Waals surface area contributed by atoms with Crippen LogP contribution in [-0.4, -0.2) is 25.7 Å². The van der Waals surface area contributed by atoms with Crippen molar-refractivity contribution in [3.63, 3.8) is 0 Å². The number of carboxylic acids is 1. The van der Waals surface area contributed by atoms with E-state index in [1.807, 2.05) is 59.2 Å². The Morgan fingerprint density at radius 2 is 1.84 bits per heavy atom. The molecule has 5 nitrogen and oxygen atoms in total. The minimum Gasteiger partial charge on any atom is -0.478 e. The lowest BCUT2D eigenvalue weighted by Gasteiger charge is -2.13. The summed E-state index contributed by atoms with van der Waals surface area (Å²) in [6.45, 7) is 2.30. The third-order valence-corrected chi connectivity index (χ3v) is 5.54. The predicted molar refractivity (Wildman–Crippen MR) is 123 cm³/mol. The molecule has 0 atom stereocenters. The quantitative estimate of drug-likeness (QED) is 0.430. The fourth-order valence-electron chi connectivity index (χ4n) is 3.51. The zero-order valence-corrected chi connectivity index (χ0v) is 18.3. The van der Waals surface area contributed by atoms with Crippen LogP contribution in [0.15, 0.2) is 60.2 Å². The van der Waals surface area contributed by atoms with Crippen LogP contribution in [0.4, 0.5) is 0 Å². The normalized spacial score (nSPS) is 11.6. The summed E-state index contributed by atoms with van der Waals surface area (Å²) >= 11 is 6.39. The smallest absolute Gasteiger partial charge is 0.331 e. The fraction of sp³-hybridized carbons (Fsp3) is 0.280. The van der Waals surface area contributed by atoms with Crippen molar-refractivity contribution in [1.82, 2.24) is 9.55 Å². The van der Waals surface area contributed by atoms with E-state index < -0.39 is 5.97 Å². The first-order valence-corrected chi connectivity index (χ1v) is 10.8. The van der Waals surface area contributed by atoms with Gasteiger partial charge < -0.3 is 14.8 Å². The lowest BCUT2D eigenvalue weighted by Crippen LogP contribution is -2.10. The third-order valence-electron chi connectivity index (χ3n) is 5.18. The van der Waals surface area contributed by atoms with Crippen LogP contribution in [-0.2, 0) is 30.8 Å². The maximum atomic E-state index is 12.0. The number of aliphatic hydroxyl groups is 1. The van der Waals surface area contributed by atoms with Crippen molar-refractivity contribution in [3.8, 4) is 0 Å². The summed E-state index contributed by atoms with van der Waals surface area (Å²) < 4.78 is 1.98. The molecule has 31 heavy (non-hydrogen) atoms. The second-order valence-corrected chi connectivity index (χ2v) is 7.84. The molecule has 1 heterocycles. The maximum Gasteiger partial charge on any atom is 0.331 e. The number of hydrogen-bond donors (Lipinski definition) is 2. The number of carbonyl (C=O) groups is 1. The van der Waals surface area contributed by atoms with Crippen LogP contribution in [0.25, 0.3) is 6.08 Å². The molecule has 0 amide bonds. The molecule has 1 aromatic heterocycles. The number of aryl methyl sites for hydroxylation is 1. The molecule has 0 aliphatic carbocycles. The second-order valence-electron chi connectivity index (χ2n) is 7.44. The molecule has 0 bridgehead atoms. The van der Waals surface area contributed by atoms with Crippen LogP contribution in [0, 0.1) is 0 Å². The average molecular weight is 439 g/mol. The number of aliphatic hydroxyl groups excluding tert-OH is 1. The molecular weight excluding hydrogens is 412 g/mol. The van der Waals surface area contributed by atoms with Gasteiger partial charge in [-0.25, -0.2) is 9.78 Å². The van der Waals surface area contributed by atoms with Gasteiger partial charge in [0.2, 0.25) is 0 Å². The molecule has 6 heteroatoms. The molecule has 162 valence electrons. The number of hydrogen-bond acceptors (Lipinski definition) is 3. The number of carboxylic acid groups (broad SMARTS) is 1. The summed E-state index contributed by atoms with van der Waals surface area (Å²) in [5.41, 5.74) is 3.15. The van der Waals surface area contributed by atoms with E-state index >= 15 is 0 Å². The molecule has 0 spiro atoms. The summed E-state index contributed by atoms with van der Waals surface area (Å²) in [4.78, 5) is 16.7. The molecule has 3 rings (SSSR count). The molecule has 0 saturated carbocycles. The average Bonchev–Trinajstić information content (AvgIpc) is 3.10. The van der Waals surface area contributed by atoms with Gasteiger partial charge in [-0.15, -0.1) is 0 Å². The zero-order chi connectivity index (χ0) is 22.2. The van der Waals surface area contributed by atoms with Crippen LogP contribution >= 0.6 is 11.6 Å². The lowest BCUT2D eigenvalue weighted by molar-refractivity contribution is -0.132. The largest absolute Gasteiger partial charge is 0.478 e. The van der Waals surface area contributed by atoms with Gasteiger partial charge in [0.05, 0.1) is 24.5 Å². The highest BCUT2D eigenvalue weighted by Gasteiger charge is 2.19. The number of benzene rings is 2. The number of rotatable bonds is 10. The van der Waals surface area contributed by atoms with Gasteiger partial charge >= 0.3 is 5.97 Å². The van der Waals surface area contributed by atoms with Gasteiger partial charge in [0.1, 0.15) is 5.82 Å². The Bertz CT molecular complexity index is 1060. The molecular formula is C25H27ClN2O3. The predicted octanol–water partition coefficient (Wildman–Crippen LogP) is 5.13. The third kappa shape index (κ3) is 5.84. The monoisotopic (exact) mass is 438 g/mol. The van der Waals surface area contributed by atoms with Gasteiger partial charge in [0.15, 0.2) is 0 Å². The minimum atomic E-state index is -0.992. The SMILES string of the molecule is CCCCc1nc(CO)c(/C=C(\Cc2ccccc2)C(=O)O)n1Cc1ccccc1Cl. The highest BCUT2D eigenvalue weighted by Crippen LogP contribution is 2.24. The van der Waals surface area contributed by atoms with E-state index in [-0.39, 0.29) is 18.6 Å². The first-order chi connectivity index (χ1) is 15.0. The summed E-state index contributed by atoms with van der Waals surface area (Å²) in [5.74, 6) is -0.171. The van der Waals surface area contributed by atoms with Crippen molar-refractivity contribution in [2.75, 3.05) is 0 Å². The van der Waals surface area contributed by atoms with Crippen molar-refractivity contribution in [3.05, 3.63) is 93.5 Å². The van der Waals surface area contributed by atoms with Gasteiger partial charge in [-0.05, 0) is 29.7 Å². The van der Waals surface area contributed by atoms with Gasteiger partial charge in [0, 0.05) is 23.4 Å². The van der Waals surface area contributed by atoms with E-state index in [0.717, 1.165) is 36.2 Å². The van der Waals surface area contributed by atoms with E-state index in [2.05, 4.69) is 11.9 Å². The van der Waals surface area contributed by atoms with Gasteiger partial charge in [-0.1, -0.05) is 73.5 Å². The van der Waals surface area contributed by atoms with Crippen molar-refractivity contribution in [2.45, 2.75) is 45.8 Å². The number of unbranched alkanes of at least 4 members (excludes halogenated alkanes) is 1. The number of imidazole rings is 1. The van der Waals surface area contributed by atoms with Crippen LogP contribution in [0.5, 0.6) is 0 Å². The van der Waals surface area contributed by atoms with E-state index in [0.29, 0.717) is 23.0 Å². The molecule has 2 aromatic carbocycles. The molecule has 0 saturated heterocycles. The molecule has 0 aliphatic rings. The summed E-state index contributed by atoms with van der Waals surface area (Å²) in [7, 11) is 0. The maximum absolute atomic E-state index is 12.0. The van der Waals surface area contributed by atoms with Crippen LogP contribution in [0.3, 0.4) is 0 Å². The Morgan fingerprint density at radius 3 is 2.48 bits per heavy atom. The van der Waals surface area contributed by atoms with Crippen LogP contribution in [0.1, 0.15) is 48.1 Å². The van der Waals surface area contributed by atoms with E-state index in [9.17, 15) is 15.0 Å². The number of nitrogens with zero attached hydrogens (tertiary/aromatic N) is 2.